The van der Waals surface area contributed by atoms with Crippen LogP contribution in [0.5, 0.6) is 0 Å². The van der Waals surface area contributed by atoms with Crippen LogP contribution in [0.2, 0.25) is 0 Å². The summed E-state index contributed by atoms with van der Waals surface area (Å²) in [5, 5.41) is 15.2. The summed E-state index contributed by atoms with van der Waals surface area (Å²) in [6.07, 6.45) is 1.90. The number of nitrogens with one attached hydrogen (secondary N) is 2. The average molecular weight is 320 g/mol. The number of nitrogens with zero attached hydrogens (tertiary/aromatic N) is 2. The Morgan fingerprint density at radius 3 is 2.70 bits per heavy atom. The zero-order chi connectivity index (χ0) is 16.8. The third-order valence-corrected chi connectivity index (χ3v) is 4.66. The number of ether oxygens (including phenoxy) is 1. The molecule has 7 nitrogen and oxygen atoms in total. The van der Waals surface area contributed by atoms with Gasteiger partial charge in [-0.1, -0.05) is 0 Å². The van der Waals surface area contributed by atoms with Crippen LogP contribution in [-0.4, -0.2) is 53.2 Å². The lowest BCUT2D eigenvalue weighted by atomic mass is 10.1. The van der Waals surface area contributed by atoms with Gasteiger partial charge in [-0.25, -0.2) is 4.79 Å². The molecule has 1 aliphatic carbocycles. The first-order valence-electron chi connectivity index (χ1n) is 8.23. The van der Waals surface area contributed by atoms with Crippen LogP contribution in [0.1, 0.15) is 40.0 Å². The van der Waals surface area contributed by atoms with Gasteiger partial charge in [0.25, 0.3) is 0 Å². The van der Waals surface area contributed by atoms with Crippen molar-refractivity contribution in [3.63, 3.8) is 0 Å². The lowest BCUT2D eigenvalue weighted by molar-refractivity contribution is -0.134. The highest BCUT2D eigenvalue weighted by Gasteiger charge is 2.55. The fourth-order valence-electron chi connectivity index (χ4n) is 3.58. The van der Waals surface area contributed by atoms with Gasteiger partial charge >= 0.3 is 6.09 Å². The fraction of sp³-hybridized carbons (Fsp3) is 0.812. The highest BCUT2D eigenvalue weighted by Crippen LogP contribution is 2.48. The Hall–Kier alpha value is -1.81. The summed E-state index contributed by atoms with van der Waals surface area (Å²) in [6.45, 7) is 5.97. The Morgan fingerprint density at radius 2 is 2.04 bits per heavy atom. The first-order valence-corrected chi connectivity index (χ1v) is 8.23. The first-order chi connectivity index (χ1) is 10.8. The number of carbonyl (C=O) groups excluding carboxylic acids is 2. The SMILES string of the molecule is CC(C)(C)OC(=O)N[C@@H]1CN[C@H](C(=O)N2[C@H](C#N)C[C@@H]3C[C@@H]32)C1. The molecule has 2 heterocycles. The summed E-state index contributed by atoms with van der Waals surface area (Å²) >= 11 is 0. The van der Waals surface area contributed by atoms with Crippen LogP contribution in [0.3, 0.4) is 0 Å². The summed E-state index contributed by atoms with van der Waals surface area (Å²) in [6, 6.07) is 1.75. The number of hydrogen-bond donors (Lipinski definition) is 2. The van der Waals surface area contributed by atoms with Crippen molar-refractivity contribution < 1.29 is 14.3 Å². The van der Waals surface area contributed by atoms with Crippen molar-refractivity contribution in [2.45, 2.75) is 69.8 Å². The molecular formula is C16H24N4O3. The molecule has 126 valence electrons. The summed E-state index contributed by atoms with van der Waals surface area (Å²) in [7, 11) is 0. The van der Waals surface area contributed by atoms with Crippen LogP contribution in [0.4, 0.5) is 4.79 Å². The minimum absolute atomic E-state index is 0.00459. The Bertz CT molecular complexity index is 551. The second-order valence-electron chi connectivity index (χ2n) is 7.73. The van der Waals surface area contributed by atoms with Gasteiger partial charge in [-0.3, -0.25) is 4.79 Å². The summed E-state index contributed by atoms with van der Waals surface area (Å²) in [4.78, 5) is 26.2. The van der Waals surface area contributed by atoms with Crippen LogP contribution in [0.15, 0.2) is 0 Å². The smallest absolute Gasteiger partial charge is 0.407 e. The molecule has 0 aromatic carbocycles. The van der Waals surface area contributed by atoms with Gasteiger partial charge < -0.3 is 20.3 Å². The molecule has 3 aliphatic rings. The van der Waals surface area contributed by atoms with Crippen molar-refractivity contribution in [2.24, 2.45) is 5.92 Å². The van der Waals surface area contributed by atoms with Crippen molar-refractivity contribution in [3.05, 3.63) is 0 Å². The molecule has 2 aliphatic heterocycles. The number of alkyl carbamates (subject to hydrolysis) is 1. The number of likely N-dealkylation sites (tertiary alicyclic amines) is 1. The van der Waals surface area contributed by atoms with E-state index in [1.807, 2.05) is 20.8 Å². The third kappa shape index (κ3) is 3.42. The van der Waals surface area contributed by atoms with Gasteiger partial charge in [-0.05, 0) is 46.0 Å². The van der Waals surface area contributed by atoms with E-state index in [2.05, 4.69) is 16.7 Å². The van der Waals surface area contributed by atoms with E-state index >= 15 is 0 Å². The van der Waals surface area contributed by atoms with Crippen molar-refractivity contribution in [2.75, 3.05) is 6.54 Å². The highest BCUT2D eigenvalue weighted by molar-refractivity contribution is 5.84. The predicted octanol–water partition coefficient (Wildman–Crippen LogP) is 0.755. The van der Waals surface area contributed by atoms with Gasteiger partial charge in [-0.15, -0.1) is 0 Å². The van der Waals surface area contributed by atoms with E-state index in [1.54, 1.807) is 4.90 Å². The van der Waals surface area contributed by atoms with Gasteiger partial charge in [0.1, 0.15) is 11.6 Å². The molecule has 7 heteroatoms. The number of carbonyl (C=O) groups is 2. The maximum absolute atomic E-state index is 12.7. The number of fused-ring (bicyclic) bond motifs is 1. The maximum atomic E-state index is 12.7. The Kier molecular flexibility index (Phi) is 3.96. The number of rotatable bonds is 2. The molecule has 0 radical (unpaired) electrons. The van der Waals surface area contributed by atoms with E-state index in [9.17, 15) is 14.9 Å². The second-order valence-corrected chi connectivity index (χ2v) is 7.73. The molecule has 3 fully saturated rings. The lowest BCUT2D eigenvalue weighted by Crippen LogP contribution is -2.47. The summed E-state index contributed by atoms with van der Waals surface area (Å²) in [5.41, 5.74) is -0.540. The van der Waals surface area contributed by atoms with Gasteiger partial charge in [-0.2, -0.15) is 5.26 Å². The minimum atomic E-state index is -0.540. The van der Waals surface area contributed by atoms with Gasteiger partial charge in [0, 0.05) is 18.6 Å². The quantitative estimate of drug-likeness (QED) is 0.783. The molecule has 2 saturated heterocycles. The molecule has 2 N–H and O–H groups in total. The van der Waals surface area contributed by atoms with E-state index in [1.165, 1.54) is 0 Å². The highest BCUT2D eigenvalue weighted by atomic mass is 16.6. The number of hydrogen-bond acceptors (Lipinski definition) is 5. The molecule has 0 aromatic heterocycles. The van der Waals surface area contributed by atoms with Crippen molar-refractivity contribution in [1.82, 2.24) is 15.5 Å². The molecule has 0 unspecified atom stereocenters. The molecule has 2 amide bonds. The van der Waals surface area contributed by atoms with E-state index in [0.29, 0.717) is 18.9 Å². The largest absolute Gasteiger partial charge is 0.444 e. The normalized spacial score (nSPS) is 35.4. The summed E-state index contributed by atoms with van der Waals surface area (Å²) in [5.74, 6) is 0.510. The van der Waals surface area contributed by atoms with Crippen molar-refractivity contribution in [3.8, 4) is 6.07 Å². The van der Waals surface area contributed by atoms with Crippen LogP contribution in [0.25, 0.3) is 0 Å². The van der Waals surface area contributed by atoms with Crippen molar-refractivity contribution in [1.29, 1.82) is 5.26 Å². The molecule has 0 aromatic rings. The standard InChI is InChI=1S/C16H24N4O3/c1-16(2,3)23-15(22)19-10-6-12(18-8-10)14(21)20-11(7-17)4-9-5-13(9)20/h9-13,18H,4-6,8H2,1-3H3,(H,19,22)/t9-,10+,11+,12+,13+/m1/s1. The number of nitriles is 1. The first kappa shape index (κ1) is 16.1. The van der Waals surface area contributed by atoms with E-state index < -0.39 is 11.7 Å². The topological polar surface area (TPSA) is 94.5 Å². The zero-order valence-corrected chi connectivity index (χ0v) is 13.8. The molecular weight excluding hydrogens is 296 g/mol. The molecule has 0 spiro atoms. The van der Waals surface area contributed by atoms with E-state index in [0.717, 1.165) is 12.8 Å². The Morgan fingerprint density at radius 1 is 1.30 bits per heavy atom. The molecule has 5 atom stereocenters. The minimum Gasteiger partial charge on any atom is -0.444 e. The van der Waals surface area contributed by atoms with Crippen molar-refractivity contribution >= 4 is 12.0 Å². The van der Waals surface area contributed by atoms with Gasteiger partial charge in [0.2, 0.25) is 5.91 Å². The fourth-order valence-corrected chi connectivity index (χ4v) is 3.58. The van der Waals surface area contributed by atoms with E-state index in [-0.39, 0.29) is 30.1 Å². The molecule has 0 bridgehead atoms. The lowest BCUT2D eigenvalue weighted by Gasteiger charge is -2.26. The Labute approximate surface area is 136 Å². The number of amides is 2. The zero-order valence-electron chi connectivity index (χ0n) is 13.8. The molecule has 3 rings (SSSR count). The van der Waals surface area contributed by atoms with Crippen LogP contribution in [-0.2, 0) is 9.53 Å². The second kappa shape index (κ2) is 5.68. The van der Waals surface area contributed by atoms with Gasteiger partial charge in [0.05, 0.1) is 12.1 Å². The van der Waals surface area contributed by atoms with Crippen LogP contribution >= 0.6 is 0 Å². The summed E-state index contributed by atoms with van der Waals surface area (Å²) < 4.78 is 5.24. The molecule has 23 heavy (non-hydrogen) atoms. The predicted molar refractivity (Wildman–Crippen MR) is 82.3 cm³/mol. The Balaban J connectivity index is 1.53. The monoisotopic (exact) mass is 320 g/mol. The van der Waals surface area contributed by atoms with Gasteiger partial charge in [0.15, 0.2) is 0 Å². The third-order valence-electron chi connectivity index (χ3n) is 4.66. The maximum Gasteiger partial charge on any atom is 0.407 e. The van der Waals surface area contributed by atoms with Crippen LogP contribution in [0, 0.1) is 17.2 Å². The van der Waals surface area contributed by atoms with Crippen LogP contribution < -0.4 is 10.6 Å². The number of piperidine rings is 1. The van der Waals surface area contributed by atoms with E-state index in [4.69, 9.17) is 4.74 Å². The average Bonchev–Trinajstić information content (AvgIpc) is 2.90. The molecule has 1 saturated carbocycles.